The number of aryl methyl sites for hydroxylation is 1. The van der Waals surface area contributed by atoms with Crippen LogP contribution in [0.4, 0.5) is 16.2 Å². The topological polar surface area (TPSA) is 53.6 Å². The summed E-state index contributed by atoms with van der Waals surface area (Å²) in [6.07, 6.45) is 3.89. The molecule has 0 aromatic heterocycles. The minimum atomic E-state index is -1.86. The monoisotopic (exact) mass is 541 g/mol. The Morgan fingerprint density at radius 2 is 1.67 bits per heavy atom. The molecule has 0 saturated carbocycles. The van der Waals surface area contributed by atoms with Crippen LogP contribution >= 0.6 is 0 Å². The van der Waals surface area contributed by atoms with Crippen LogP contribution in [0.5, 0.6) is 0 Å². The number of nitrogens with one attached hydrogen (secondary N) is 2. The van der Waals surface area contributed by atoms with Gasteiger partial charge in [-0.2, -0.15) is 0 Å². The molecule has 6 heteroatoms. The molecule has 206 valence electrons. The van der Waals surface area contributed by atoms with E-state index in [0.717, 1.165) is 44.5 Å². The van der Waals surface area contributed by atoms with Crippen molar-refractivity contribution in [2.45, 2.75) is 83.3 Å². The molecule has 3 aromatic carbocycles. The molecule has 0 saturated heterocycles. The Hall–Kier alpha value is -3.09. The number of para-hydroxylation sites is 1. The summed E-state index contributed by atoms with van der Waals surface area (Å²) in [5, 5.41) is 6.67. The third-order valence-corrected chi connectivity index (χ3v) is 13.3. The second kappa shape index (κ2) is 11.2. The first-order chi connectivity index (χ1) is 18.6. The summed E-state index contributed by atoms with van der Waals surface area (Å²) in [4.78, 5) is 15.7. The Balaban J connectivity index is 1.27. The molecule has 1 heterocycles. The van der Waals surface area contributed by atoms with E-state index < -0.39 is 8.32 Å². The molecule has 1 aliphatic heterocycles. The number of fused-ring (bicyclic) bond motifs is 2. The third kappa shape index (κ3) is 6.39. The Morgan fingerprint density at radius 1 is 0.949 bits per heavy atom. The summed E-state index contributed by atoms with van der Waals surface area (Å²) in [6.45, 7) is 13.1. The van der Waals surface area contributed by atoms with Crippen molar-refractivity contribution in [1.82, 2.24) is 5.32 Å². The second-order valence-electron chi connectivity index (χ2n) is 12.7. The van der Waals surface area contributed by atoms with Gasteiger partial charge in [0.2, 0.25) is 0 Å². The van der Waals surface area contributed by atoms with Gasteiger partial charge in [0.05, 0.1) is 6.04 Å². The molecule has 3 aromatic rings. The van der Waals surface area contributed by atoms with E-state index in [1.54, 1.807) is 0 Å². The van der Waals surface area contributed by atoms with Gasteiger partial charge in [0.15, 0.2) is 8.32 Å². The molecule has 2 atom stereocenters. The number of benzene rings is 3. The lowest BCUT2D eigenvalue weighted by molar-refractivity contribution is 0.165. The normalized spacial score (nSPS) is 19.2. The summed E-state index contributed by atoms with van der Waals surface area (Å²) >= 11 is 0. The van der Waals surface area contributed by atoms with Crippen LogP contribution in [0.15, 0.2) is 72.8 Å². The molecule has 5 rings (SSSR count). The minimum absolute atomic E-state index is 0.0258. The summed E-state index contributed by atoms with van der Waals surface area (Å²) in [7, 11) is -1.86. The number of urea groups is 1. The van der Waals surface area contributed by atoms with Crippen LogP contribution in [0.2, 0.25) is 18.1 Å². The lowest BCUT2D eigenvalue weighted by Gasteiger charge is -2.41. The molecular weight excluding hydrogens is 498 g/mol. The predicted molar refractivity (Wildman–Crippen MR) is 164 cm³/mol. The second-order valence-corrected chi connectivity index (χ2v) is 17.4. The molecule has 2 unspecified atom stereocenters. The van der Waals surface area contributed by atoms with Crippen molar-refractivity contribution in [2.75, 3.05) is 16.8 Å². The SMILES string of the molecule is CC(C)(C)[Si](C)(C)OC1CCc2cccc(NC(=O)NC3Cc4ccccc4N(Cc4ccccc4)C3)c2C1. The number of carbonyl (C=O) groups excluding carboxylic acids is 1. The first kappa shape index (κ1) is 27.5. The van der Waals surface area contributed by atoms with Crippen LogP contribution in [0.1, 0.15) is 49.4 Å². The summed E-state index contributed by atoms with van der Waals surface area (Å²) in [6, 6.07) is 25.2. The highest BCUT2D eigenvalue weighted by molar-refractivity contribution is 6.74. The molecule has 2 aliphatic rings. The van der Waals surface area contributed by atoms with Crippen molar-refractivity contribution in [3.8, 4) is 0 Å². The quantitative estimate of drug-likeness (QED) is 0.322. The summed E-state index contributed by atoms with van der Waals surface area (Å²) in [5.41, 5.74) is 7.25. The molecule has 2 N–H and O–H groups in total. The Kier molecular flexibility index (Phi) is 7.88. The van der Waals surface area contributed by atoms with E-state index in [4.69, 9.17) is 4.43 Å². The molecule has 0 fully saturated rings. The van der Waals surface area contributed by atoms with Crippen molar-refractivity contribution in [1.29, 1.82) is 0 Å². The fourth-order valence-corrected chi connectivity index (χ4v) is 7.04. The molecular formula is C33H43N3O2Si. The lowest BCUT2D eigenvalue weighted by atomic mass is 9.88. The van der Waals surface area contributed by atoms with Gasteiger partial charge < -0.3 is 20.0 Å². The molecule has 0 spiro atoms. The average molecular weight is 542 g/mol. The van der Waals surface area contributed by atoms with Crippen LogP contribution in [-0.2, 0) is 30.2 Å². The Morgan fingerprint density at radius 3 is 2.44 bits per heavy atom. The van der Waals surface area contributed by atoms with Gasteiger partial charge in [-0.1, -0.05) is 81.4 Å². The fraction of sp³-hybridized carbons (Fsp3) is 0.424. The van der Waals surface area contributed by atoms with E-state index in [2.05, 4.69) is 110 Å². The third-order valence-electron chi connectivity index (χ3n) is 8.75. The zero-order valence-electron chi connectivity index (χ0n) is 24.1. The van der Waals surface area contributed by atoms with Crippen molar-refractivity contribution in [2.24, 2.45) is 0 Å². The van der Waals surface area contributed by atoms with Gasteiger partial charge in [0.1, 0.15) is 0 Å². The average Bonchev–Trinajstić information content (AvgIpc) is 2.89. The van der Waals surface area contributed by atoms with Gasteiger partial charge in [-0.05, 0) is 78.2 Å². The van der Waals surface area contributed by atoms with Gasteiger partial charge in [0.25, 0.3) is 0 Å². The highest BCUT2D eigenvalue weighted by Gasteiger charge is 2.40. The van der Waals surface area contributed by atoms with Gasteiger partial charge in [-0.25, -0.2) is 4.79 Å². The molecule has 1 aliphatic carbocycles. The van der Waals surface area contributed by atoms with E-state index in [0.29, 0.717) is 0 Å². The standard InChI is InChI=1S/C33H43N3O2Si/c1-33(2,3)39(4,5)38-28-19-18-25-15-11-16-30(29(25)21-28)35-32(37)34-27-20-26-14-9-10-17-31(26)36(23-27)22-24-12-7-6-8-13-24/h6-17,27-28H,18-23H2,1-5H3,(H2,34,35,37). The van der Waals surface area contributed by atoms with E-state index >= 15 is 0 Å². The maximum absolute atomic E-state index is 13.3. The molecule has 0 radical (unpaired) electrons. The first-order valence-corrected chi connectivity index (χ1v) is 17.2. The number of carbonyl (C=O) groups is 1. The highest BCUT2D eigenvalue weighted by atomic mass is 28.4. The van der Waals surface area contributed by atoms with Crippen LogP contribution in [-0.4, -0.2) is 33.0 Å². The number of nitrogens with zero attached hydrogens (tertiary/aromatic N) is 1. The molecule has 39 heavy (non-hydrogen) atoms. The van der Waals surface area contributed by atoms with Crippen molar-refractivity contribution < 1.29 is 9.22 Å². The number of hydrogen-bond donors (Lipinski definition) is 2. The van der Waals surface area contributed by atoms with Crippen LogP contribution in [0.3, 0.4) is 0 Å². The van der Waals surface area contributed by atoms with Gasteiger partial charge in [-0.3, -0.25) is 0 Å². The molecule has 2 amide bonds. The lowest BCUT2D eigenvalue weighted by Crippen LogP contribution is -2.49. The van der Waals surface area contributed by atoms with Crippen molar-refractivity contribution in [3.05, 3.63) is 95.1 Å². The maximum atomic E-state index is 13.3. The minimum Gasteiger partial charge on any atom is -0.414 e. The van der Waals surface area contributed by atoms with Crippen LogP contribution in [0.25, 0.3) is 0 Å². The molecule has 5 nitrogen and oxygen atoms in total. The first-order valence-electron chi connectivity index (χ1n) is 14.3. The van der Waals surface area contributed by atoms with Crippen LogP contribution < -0.4 is 15.5 Å². The van der Waals surface area contributed by atoms with Crippen LogP contribution in [0, 0.1) is 0 Å². The zero-order valence-corrected chi connectivity index (χ0v) is 25.1. The number of rotatable bonds is 6. The maximum Gasteiger partial charge on any atom is 0.319 e. The summed E-state index contributed by atoms with van der Waals surface area (Å²) in [5.74, 6) is 0. The van der Waals surface area contributed by atoms with E-state index in [-0.39, 0.29) is 23.2 Å². The predicted octanol–water partition coefficient (Wildman–Crippen LogP) is 7.32. The molecule has 0 bridgehead atoms. The Bertz CT molecular complexity index is 1300. The fourth-order valence-electron chi connectivity index (χ4n) is 5.65. The van der Waals surface area contributed by atoms with Gasteiger partial charge >= 0.3 is 6.03 Å². The largest absolute Gasteiger partial charge is 0.414 e. The smallest absolute Gasteiger partial charge is 0.319 e. The van der Waals surface area contributed by atoms with Crippen molar-refractivity contribution >= 4 is 25.7 Å². The van der Waals surface area contributed by atoms with Crippen molar-refractivity contribution in [3.63, 3.8) is 0 Å². The van der Waals surface area contributed by atoms with E-state index in [9.17, 15) is 4.79 Å². The zero-order chi connectivity index (χ0) is 27.6. The summed E-state index contributed by atoms with van der Waals surface area (Å²) < 4.78 is 6.78. The number of hydrogen-bond acceptors (Lipinski definition) is 3. The highest BCUT2D eigenvalue weighted by Crippen LogP contribution is 2.39. The van der Waals surface area contributed by atoms with E-state index in [1.807, 2.05) is 12.1 Å². The van der Waals surface area contributed by atoms with E-state index in [1.165, 1.54) is 27.9 Å². The number of anilines is 2. The van der Waals surface area contributed by atoms with Gasteiger partial charge in [-0.15, -0.1) is 0 Å². The number of amides is 2. The van der Waals surface area contributed by atoms with Gasteiger partial charge in [0, 0.05) is 30.6 Å². The Labute approximate surface area is 235 Å².